The third-order valence-electron chi connectivity index (χ3n) is 4.55. The predicted octanol–water partition coefficient (Wildman–Crippen LogP) is 5.14. The van der Waals surface area contributed by atoms with Gasteiger partial charge in [0.1, 0.15) is 10.7 Å². The molecule has 30 heavy (non-hydrogen) atoms. The molecule has 0 aliphatic heterocycles. The van der Waals surface area contributed by atoms with Crippen LogP contribution in [0.4, 0.5) is 4.39 Å². The fraction of sp³-hybridized carbons (Fsp3) is 0.0476. The van der Waals surface area contributed by atoms with Crippen molar-refractivity contribution in [2.24, 2.45) is 0 Å². The Labute approximate surface area is 181 Å². The monoisotopic (exact) mass is 462 g/mol. The Kier molecular flexibility index (Phi) is 5.36. The molecule has 0 unspecified atom stereocenters. The molecule has 0 spiro atoms. The zero-order valence-corrected chi connectivity index (χ0v) is 17.5. The molecule has 0 aliphatic rings. The molecule has 4 rings (SSSR count). The number of Topliss-reactive ketones (excluding diaryl/α,β-unsaturated/α-hetero) is 1. The van der Waals surface area contributed by atoms with Crippen molar-refractivity contribution in [3.8, 4) is 0 Å². The second-order valence-electron chi connectivity index (χ2n) is 6.51. The molecule has 0 amide bonds. The fourth-order valence-electron chi connectivity index (χ4n) is 3.13. The summed E-state index contributed by atoms with van der Waals surface area (Å²) in [4.78, 5) is 12.5. The van der Waals surface area contributed by atoms with Crippen molar-refractivity contribution in [1.82, 2.24) is 9.19 Å². The van der Waals surface area contributed by atoms with Crippen LogP contribution in [0.5, 0.6) is 0 Å². The SMILES string of the molecule is O=C(Cc1ccc2cnn(S(=O)(=O)c3ccccc3Cl)c2c1)c1c(F)cccc1Cl. The van der Waals surface area contributed by atoms with Crippen LogP contribution in [-0.4, -0.2) is 23.4 Å². The molecule has 0 fully saturated rings. The smallest absolute Gasteiger partial charge is 0.284 e. The molecular weight excluding hydrogens is 450 g/mol. The first-order valence-electron chi connectivity index (χ1n) is 8.73. The highest BCUT2D eigenvalue weighted by atomic mass is 35.5. The maximum Gasteiger partial charge on any atom is 0.284 e. The molecule has 0 atom stereocenters. The van der Waals surface area contributed by atoms with E-state index in [9.17, 15) is 17.6 Å². The quantitative estimate of drug-likeness (QED) is 0.384. The maximum atomic E-state index is 14.0. The summed E-state index contributed by atoms with van der Waals surface area (Å²) in [6.07, 6.45) is 1.25. The molecule has 0 saturated heterocycles. The van der Waals surface area contributed by atoms with E-state index in [1.165, 1.54) is 36.5 Å². The minimum Gasteiger partial charge on any atom is -0.294 e. The van der Waals surface area contributed by atoms with Gasteiger partial charge in [-0.25, -0.2) is 4.39 Å². The molecule has 4 aromatic rings. The van der Waals surface area contributed by atoms with Crippen LogP contribution in [-0.2, 0) is 16.4 Å². The number of fused-ring (bicyclic) bond motifs is 1. The maximum absolute atomic E-state index is 14.0. The molecule has 9 heteroatoms. The summed E-state index contributed by atoms with van der Waals surface area (Å²) < 4.78 is 41.0. The number of benzene rings is 3. The molecule has 0 saturated carbocycles. The second kappa shape index (κ2) is 7.83. The zero-order chi connectivity index (χ0) is 21.5. The highest BCUT2D eigenvalue weighted by molar-refractivity contribution is 7.90. The van der Waals surface area contributed by atoms with E-state index in [0.29, 0.717) is 10.9 Å². The number of hydrogen-bond acceptors (Lipinski definition) is 4. The molecule has 0 N–H and O–H groups in total. The average molecular weight is 463 g/mol. The summed E-state index contributed by atoms with van der Waals surface area (Å²) in [6, 6.07) is 14.9. The number of carbonyl (C=O) groups excluding carboxylic acids is 1. The second-order valence-corrected chi connectivity index (χ2v) is 9.06. The van der Waals surface area contributed by atoms with Crippen molar-refractivity contribution in [3.63, 3.8) is 0 Å². The van der Waals surface area contributed by atoms with Gasteiger partial charge in [0.05, 0.1) is 27.3 Å². The molecular formula is C21H13Cl2FN2O3S. The predicted molar refractivity (Wildman–Crippen MR) is 113 cm³/mol. The molecule has 5 nitrogen and oxygen atoms in total. The molecule has 152 valence electrons. The first kappa shape index (κ1) is 20.5. The molecule has 0 bridgehead atoms. The molecule has 1 aromatic heterocycles. The topological polar surface area (TPSA) is 69.0 Å². The van der Waals surface area contributed by atoms with Gasteiger partial charge in [0.2, 0.25) is 0 Å². The van der Waals surface area contributed by atoms with Crippen molar-refractivity contribution in [2.45, 2.75) is 11.3 Å². The van der Waals surface area contributed by atoms with Gasteiger partial charge in [-0.15, -0.1) is 0 Å². The highest BCUT2D eigenvalue weighted by Crippen LogP contribution is 2.27. The average Bonchev–Trinajstić information content (AvgIpc) is 3.12. The van der Waals surface area contributed by atoms with E-state index in [2.05, 4.69) is 5.10 Å². The minimum atomic E-state index is -4.06. The van der Waals surface area contributed by atoms with Crippen LogP contribution in [0.25, 0.3) is 10.9 Å². The van der Waals surface area contributed by atoms with Crippen LogP contribution >= 0.6 is 23.2 Å². The molecule has 0 aliphatic carbocycles. The third kappa shape index (κ3) is 3.60. The minimum absolute atomic E-state index is 0.0208. The number of rotatable bonds is 5. The largest absolute Gasteiger partial charge is 0.294 e. The lowest BCUT2D eigenvalue weighted by Crippen LogP contribution is -2.15. The first-order valence-corrected chi connectivity index (χ1v) is 10.9. The van der Waals surface area contributed by atoms with Crippen LogP contribution in [0.1, 0.15) is 15.9 Å². The van der Waals surface area contributed by atoms with Crippen molar-refractivity contribution in [3.05, 3.63) is 93.8 Å². The number of aromatic nitrogens is 2. The summed E-state index contributed by atoms with van der Waals surface area (Å²) in [6.45, 7) is 0. The van der Waals surface area contributed by atoms with Crippen LogP contribution in [0.3, 0.4) is 0 Å². The van der Waals surface area contributed by atoms with Gasteiger partial charge < -0.3 is 0 Å². The summed E-state index contributed by atoms with van der Waals surface area (Å²) in [5.74, 6) is -1.22. The number of halogens is 3. The number of hydrogen-bond donors (Lipinski definition) is 0. The van der Waals surface area contributed by atoms with Crippen LogP contribution in [0.15, 0.2) is 71.8 Å². The van der Waals surface area contributed by atoms with Crippen molar-refractivity contribution >= 4 is 49.9 Å². The Morgan fingerprint density at radius 3 is 2.47 bits per heavy atom. The van der Waals surface area contributed by atoms with E-state index >= 15 is 0 Å². The van der Waals surface area contributed by atoms with E-state index in [-0.39, 0.29) is 32.4 Å². The fourth-order valence-corrected chi connectivity index (χ4v) is 5.16. The van der Waals surface area contributed by atoms with Crippen LogP contribution in [0, 0.1) is 5.82 Å². The van der Waals surface area contributed by atoms with Gasteiger partial charge in [0, 0.05) is 11.8 Å². The Morgan fingerprint density at radius 2 is 1.73 bits per heavy atom. The normalized spacial score (nSPS) is 11.7. The van der Waals surface area contributed by atoms with E-state index < -0.39 is 21.6 Å². The molecule has 1 heterocycles. The number of nitrogens with zero attached hydrogens (tertiary/aromatic N) is 2. The van der Waals surface area contributed by atoms with Gasteiger partial charge in [-0.1, -0.05) is 53.5 Å². The van der Waals surface area contributed by atoms with Gasteiger partial charge in [-0.3, -0.25) is 4.79 Å². The number of carbonyl (C=O) groups is 1. The first-order chi connectivity index (χ1) is 14.3. The van der Waals surface area contributed by atoms with Crippen molar-refractivity contribution in [2.75, 3.05) is 0 Å². The summed E-state index contributed by atoms with van der Waals surface area (Å²) >= 11 is 12.0. The van der Waals surface area contributed by atoms with Crippen molar-refractivity contribution < 1.29 is 17.6 Å². The summed E-state index contributed by atoms with van der Waals surface area (Å²) in [5.41, 5.74) is 0.569. The standard InChI is InChI=1S/C21H13Cl2FN2O3S/c22-15-4-1-2-7-20(15)30(28,29)26-18-10-13(8-9-14(18)12-25-26)11-19(27)21-16(23)5-3-6-17(21)24/h1-10,12H,11H2. The van der Waals surface area contributed by atoms with E-state index in [4.69, 9.17) is 23.2 Å². The van der Waals surface area contributed by atoms with E-state index in [1.807, 2.05) is 0 Å². The molecule has 0 radical (unpaired) electrons. The Balaban J connectivity index is 1.76. The lowest BCUT2D eigenvalue weighted by atomic mass is 10.0. The van der Waals surface area contributed by atoms with Crippen LogP contribution < -0.4 is 0 Å². The zero-order valence-electron chi connectivity index (χ0n) is 15.2. The Bertz CT molecular complexity index is 1380. The van der Waals surface area contributed by atoms with E-state index in [1.54, 1.807) is 24.3 Å². The molecule has 3 aromatic carbocycles. The van der Waals surface area contributed by atoms with Gasteiger partial charge in [-0.05, 0) is 35.9 Å². The van der Waals surface area contributed by atoms with Crippen molar-refractivity contribution in [1.29, 1.82) is 0 Å². The summed E-state index contributed by atoms with van der Waals surface area (Å²) in [5, 5.41) is 4.65. The van der Waals surface area contributed by atoms with Gasteiger partial charge in [0.15, 0.2) is 5.78 Å². The van der Waals surface area contributed by atoms with Crippen LogP contribution in [0.2, 0.25) is 10.0 Å². The highest BCUT2D eigenvalue weighted by Gasteiger charge is 2.23. The Hall–Kier alpha value is -2.74. The van der Waals surface area contributed by atoms with Gasteiger partial charge >= 0.3 is 0 Å². The van der Waals surface area contributed by atoms with E-state index in [0.717, 1.165) is 10.2 Å². The lowest BCUT2D eigenvalue weighted by Gasteiger charge is -2.09. The van der Waals surface area contributed by atoms with Gasteiger partial charge in [-0.2, -0.15) is 17.6 Å². The lowest BCUT2D eigenvalue weighted by molar-refractivity contribution is 0.0989. The number of ketones is 1. The summed E-state index contributed by atoms with van der Waals surface area (Å²) in [7, 11) is -4.06. The Morgan fingerprint density at radius 1 is 1.00 bits per heavy atom. The van der Waals surface area contributed by atoms with Gasteiger partial charge in [0.25, 0.3) is 10.0 Å². The third-order valence-corrected chi connectivity index (χ3v) is 6.97.